The molecule has 6 heteroatoms. The van der Waals surface area contributed by atoms with Gasteiger partial charge in [-0.25, -0.2) is 9.67 Å². The van der Waals surface area contributed by atoms with Crippen molar-refractivity contribution < 1.29 is 9.47 Å². The van der Waals surface area contributed by atoms with Crippen LogP contribution in [0.3, 0.4) is 0 Å². The molecule has 1 atom stereocenters. The van der Waals surface area contributed by atoms with E-state index in [9.17, 15) is 0 Å². The summed E-state index contributed by atoms with van der Waals surface area (Å²) in [5, 5.41) is 4.23. The largest absolute Gasteiger partial charge is 0.351 e. The van der Waals surface area contributed by atoms with Crippen LogP contribution in [0.2, 0.25) is 0 Å². The van der Waals surface area contributed by atoms with Gasteiger partial charge in [-0.3, -0.25) is 0 Å². The zero-order chi connectivity index (χ0) is 14.3. The van der Waals surface area contributed by atoms with Crippen LogP contribution < -0.4 is 5.73 Å². The summed E-state index contributed by atoms with van der Waals surface area (Å²) in [4.78, 5) is 4.27. The Morgan fingerprint density at radius 1 is 1.26 bits per heavy atom. The van der Waals surface area contributed by atoms with Crippen molar-refractivity contribution in [3.8, 4) is 0 Å². The molecule has 0 radical (unpaired) electrons. The summed E-state index contributed by atoms with van der Waals surface area (Å²) >= 11 is 0. The Bertz CT molecular complexity index is 348. The summed E-state index contributed by atoms with van der Waals surface area (Å²) in [6.07, 6.45) is 1.78. The van der Waals surface area contributed by atoms with Crippen molar-refractivity contribution in [3.63, 3.8) is 0 Å². The molecule has 1 aromatic heterocycles. The third-order valence-electron chi connectivity index (χ3n) is 2.66. The van der Waals surface area contributed by atoms with Crippen molar-refractivity contribution in [1.29, 1.82) is 0 Å². The van der Waals surface area contributed by atoms with Gasteiger partial charge in [0.15, 0.2) is 6.29 Å². The van der Waals surface area contributed by atoms with Gasteiger partial charge in [0.1, 0.15) is 12.2 Å². The number of hydrogen-bond donors (Lipinski definition) is 1. The van der Waals surface area contributed by atoms with Gasteiger partial charge in [-0.05, 0) is 19.8 Å². The molecule has 0 saturated carbocycles. The molecule has 0 bridgehead atoms. The SMILES string of the molecule is CCOC(OCC)C(N)Cc1ncnn1CC(C)C. The number of aromatic nitrogens is 3. The topological polar surface area (TPSA) is 75.2 Å². The van der Waals surface area contributed by atoms with Gasteiger partial charge in [0, 0.05) is 26.2 Å². The van der Waals surface area contributed by atoms with E-state index in [4.69, 9.17) is 15.2 Å². The van der Waals surface area contributed by atoms with Gasteiger partial charge in [0.25, 0.3) is 0 Å². The van der Waals surface area contributed by atoms with Gasteiger partial charge in [0.05, 0.1) is 6.04 Å². The lowest BCUT2D eigenvalue weighted by molar-refractivity contribution is -0.148. The molecular formula is C13H26N4O2. The van der Waals surface area contributed by atoms with E-state index in [2.05, 4.69) is 23.9 Å². The number of nitrogens with zero attached hydrogens (tertiary/aromatic N) is 3. The lowest BCUT2D eigenvalue weighted by atomic mass is 10.2. The van der Waals surface area contributed by atoms with Crippen molar-refractivity contribution >= 4 is 0 Å². The molecule has 1 unspecified atom stereocenters. The van der Waals surface area contributed by atoms with E-state index in [0.717, 1.165) is 12.4 Å². The second-order valence-corrected chi connectivity index (χ2v) is 4.90. The smallest absolute Gasteiger partial charge is 0.172 e. The molecule has 1 heterocycles. The molecule has 0 aliphatic carbocycles. The van der Waals surface area contributed by atoms with Gasteiger partial charge in [-0.15, -0.1) is 0 Å². The number of hydrogen-bond acceptors (Lipinski definition) is 5. The molecule has 6 nitrogen and oxygen atoms in total. The van der Waals surface area contributed by atoms with Gasteiger partial charge >= 0.3 is 0 Å². The van der Waals surface area contributed by atoms with Crippen molar-refractivity contribution in [1.82, 2.24) is 14.8 Å². The number of ether oxygens (including phenoxy) is 2. The maximum atomic E-state index is 6.15. The predicted octanol–water partition coefficient (Wildman–Crippen LogP) is 1.20. The van der Waals surface area contributed by atoms with Crippen LogP contribution in [0.15, 0.2) is 6.33 Å². The van der Waals surface area contributed by atoms with Crippen molar-refractivity contribution in [2.75, 3.05) is 13.2 Å². The van der Waals surface area contributed by atoms with Crippen LogP contribution in [0.1, 0.15) is 33.5 Å². The summed E-state index contributed by atoms with van der Waals surface area (Å²) in [6.45, 7) is 10.2. The summed E-state index contributed by atoms with van der Waals surface area (Å²) in [5.74, 6) is 1.40. The second kappa shape index (κ2) is 8.24. The van der Waals surface area contributed by atoms with Crippen LogP contribution in [0.4, 0.5) is 0 Å². The first-order chi connectivity index (χ1) is 9.08. The van der Waals surface area contributed by atoms with E-state index in [1.807, 2.05) is 18.5 Å². The minimum Gasteiger partial charge on any atom is -0.351 e. The standard InChI is InChI=1S/C13H26N4O2/c1-5-18-13(19-6-2)11(14)7-12-15-9-16-17(12)8-10(3)4/h9-11,13H,5-8,14H2,1-4H3. The molecule has 0 aromatic carbocycles. The quantitative estimate of drug-likeness (QED) is 0.682. The first kappa shape index (κ1) is 16.1. The van der Waals surface area contributed by atoms with Crippen LogP contribution in [-0.2, 0) is 22.4 Å². The van der Waals surface area contributed by atoms with E-state index in [-0.39, 0.29) is 12.3 Å². The lowest BCUT2D eigenvalue weighted by Gasteiger charge is -2.23. The first-order valence-corrected chi connectivity index (χ1v) is 6.93. The Labute approximate surface area is 115 Å². The third-order valence-corrected chi connectivity index (χ3v) is 2.66. The van der Waals surface area contributed by atoms with E-state index in [1.54, 1.807) is 6.33 Å². The van der Waals surface area contributed by atoms with Crippen LogP contribution >= 0.6 is 0 Å². The third kappa shape index (κ3) is 5.26. The molecule has 1 aromatic rings. The molecule has 19 heavy (non-hydrogen) atoms. The summed E-state index contributed by atoms with van der Waals surface area (Å²) in [7, 11) is 0. The molecule has 0 aliphatic heterocycles. The van der Waals surface area contributed by atoms with Crippen molar-refractivity contribution in [2.24, 2.45) is 11.7 Å². The molecular weight excluding hydrogens is 244 g/mol. The minimum absolute atomic E-state index is 0.241. The van der Waals surface area contributed by atoms with E-state index in [0.29, 0.717) is 25.6 Å². The van der Waals surface area contributed by atoms with Gasteiger partial charge in [-0.2, -0.15) is 5.10 Å². The molecule has 0 fully saturated rings. The highest BCUT2D eigenvalue weighted by molar-refractivity contribution is 4.90. The molecule has 110 valence electrons. The van der Waals surface area contributed by atoms with Gasteiger partial charge in [-0.1, -0.05) is 13.8 Å². The summed E-state index contributed by atoms with van der Waals surface area (Å²) in [6, 6.07) is -0.241. The molecule has 0 saturated heterocycles. The van der Waals surface area contributed by atoms with Crippen LogP contribution in [0.5, 0.6) is 0 Å². The Hall–Kier alpha value is -0.980. The molecule has 1 rings (SSSR count). The highest BCUT2D eigenvalue weighted by Gasteiger charge is 2.21. The maximum Gasteiger partial charge on any atom is 0.172 e. The predicted molar refractivity (Wildman–Crippen MR) is 73.6 cm³/mol. The van der Waals surface area contributed by atoms with Crippen molar-refractivity contribution in [3.05, 3.63) is 12.2 Å². The molecule has 2 N–H and O–H groups in total. The zero-order valence-electron chi connectivity index (χ0n) is 12.4. The minimum atomic E-state index is -0.390. The lowest BCUT2D eigenvalue weighted by Crippen LogP contribution is -2.41. The second-order valence-electron chi connectivity index (χ2n) is 4.90. The summed E-state index contributed by atoms with van der Waals surface area (Å²) < 4.78 is 12.9. The molecule has 0 amide bonds. The van der Waals surface area contributed by atoms with E-state index in [1.165, 1.54) is 0 Å². The molecule has 0 aliphatic rings. The highest BCUT2D eigenvalue weighted by Crippen LogP contribution is 2.08. The maximum absolute atomic E-state index is 6.15. The van der Waals surface area contributed by atoms with Crippen molar-refractivity contribution in [2.45, 2.75) is 53.0 Å². The van der Waals surface area contributed by atoms with Crippen LogP contribution in [-0.4, -0.2) is 40.3 Å². The fourth-order valence-electron chi connectivity index (χ4n) is 1.88. The average molecular weight is 270 g/mol. The van der Waals surface area contributed by atoms with E-state index >= 15 is 0 Å². The zero-order valence-corrected chi connectivity index (χ0v) is 12.4. The normalized spacial score (nSPS) is 13.4. The number of nitrogens with two attached hydrogens (primary N) is 1. The Balaban J connectivity index is 2.63. The Morgan fingerprint density at radius 2 is 1.89 bits per heavy atom. The van der Waals surface area contributed by atoms with Crippen LogP contribution in [0, 0.1) is 5.92 Å². The molecule has 0 spiro atoms. The van der Waals surface area contributed by atoms with E-state index < -0.39 is 0 Å². The fourth-order valence-corrected chi connectivity index (χ4v) is 1.88. The fraction of sp³-hybridized carbons (Fsp3) is 0.846. The highest BCUT2D eigenvalue weighted by atomic mass is 16.7. The van der Waals surface area contributed by atoms with Gasteiger partial charge in [0.2, 0.25) is 0 Å². The monoisotopic (exact) mass is 270 g/mol. The Morgan fingerprint density at radius 3 is 2.42 bits per heavy atom. The van der Waals surface area contributed by atoms with Gasteiger partial charge < -0.3 is 15.2 Å². The van der Waals surface area contributed by atoms with Crippen LogP contribution in [0.25, 0.3) is 0 Å². The first-order valence-electron chi connectivity index (χ1n) is 6.93. The average Bonchev–Trinajstić information content (AvgIpc) is 2.75. The Kier molecular flexibility index (Phi) is 6.97. The summed E-state index contributed by atoms with van der Waals surface area (Å²) in [5.41, 5.74) is 6.15. The number of rotatable bonds is 9.